The van der Waals surface area contributed by atoms with Crippen LogP contribution in [-0.2, 0) is 12.0 Å². The minimum absolute atomic E-state index is 0.196. The number of nitrogens with zero attached hydrogens (tertiary/aromatic N) is 1. The monoisotopic (exact) mass is 335 g/mol. The molecule has 3 aromatic rings. The summed E-state index contributed by atoms with van der Waals surface area (Å²) in [7, 11) is 0. The van der Waals surface area contributed by atoms with E-state index < -0.39 is 0 Å². The number of rotatable bonds is 5. The van der Waals surface area contributed by atoms with E-state index in [2.05, 4.69) is 60.4 Å². The molecule has 1 fully saturated rings. The van der Waals surface area contributed by atoms with Gasteiger partial charge in [0.15, 0.2) is 0 Å². The van der Waals surface area contributed by atoms with E-state index in [9.17, 15) is 0 Å². The molecule has 0 saturated heterocycles. The van der Waals surface area contributed by atoms with E-state index in [-0.39, 0.29) is 5.41 Å². The second-order valence-electron chi connectivity index (χ2n) is 6.54. The van der Waals surface area contributed by atoms with Crippen molar-refractivity contribution in [3.63, 3.8) is 0 Å². The average Bonchev–Trinajstić information content (AvgIpc) is 3.08. The molecule has 0 N–H and O–H groups in total. The zero-order chi connectivity index (χ0) is 16.4. The van der Waals surface area contributed by atoms with Crippen molar-refractivity contribution in [3.05, 3.63) is 81.8 Å². The molecular formula is C21H21NOS. The standard InChI is InChI=1S/C21H21NOS/c1-16-3-5-17(6-4-16)21(11-2-12-21)18-7-9-19(10-8-18)23-15-20-22-13-14-24-20/h3-10,13-14H,2,11-12,15H2,1H3. The van der Waals surface area contributed by atoms with E-state index >= 15 is 0 Å². The smallest absolute Gasteiger partial charge is 0.140 e. The molecule has 2 nitrogen and oxygen atoms in total. The molecule has 1 heterocycles. The highest BCUT2D eigenvalue weighted by Gasteiger charge is 2.40. The predicted octanol–water partition coefficient (Wildman–Crippen LogP) is 5.50. The van der Waals surface area contributed by atoms with Crippen LogP contribution < -0.4 is 4.74 Å². The molecule has 3 heteroatoms. The Morgan fingerprint density at radius 1 is 1.00 bits per heavy atom. The lowest BCUT2D eigenvalue weighted by molar-refractivity contribution is 0.296. The largest absolute Gasteiger partial charge is 0.486 e. The van der Waals surface area contributed by atoms with Gasteiger partial charge in [0.2, 0.25) is 0 Å². The molecule has 0 unspecified atom stereocenters. The zero-order valence-electron chi connectivity index (χ0n) is 13.9. The van der Waals surface area contributed by atoms with E-state index in [1.807, 2.05) is 11.6 Å². The second-order valence-corrected chi connectivity index (χ2v) is 7.52. The molecule has 1 aromatic heterocycles. The summed E-state index contributed by atoms with van der Waals surface area (Å²) < 4.78 is 5.84. The Balaban J connectivity index is 1.53. The van der Waals surface area contributed by atoms with Crippen LogP contribution in [-0.4, -0.2) is 4.98 Å². The van der Waals surface area contributed by atoms with Crippen molar-refractivity contribution in [2.24, 2.45) is 0 Å². The van der Waals surface area contributed by atoms with E-state index in [1.165, 1.54) is 36.0 Å². The first-order valence-electron chi connectivity index (χ1n) is 8.45. The minimum atomic E-state index is 0.196. The molecule has 0 bridgehead atoms. The van der Waals surface area contributed by atoms with Crippen molar-refractivity contribution in [1.82, 2.24) is 4.98 Å². The Hall–Kier alpha value is -2.13. The van der Waals surface area contributed by atoms with Gasteiger partial charge >= 0.3 is 0 Å². The molecule has 0 amide bonds. The van der Waals surface area contributed by atoms with Crippen molar-refractivity contribution in [2.45, 2.75) is 38.2 Å². The molecule has 0 atom stereocenters. The van der Waals surface area contributed by atoms with E-state index in [4.69, 9.17) is 4.74 Å². The summed E-state index contributed by atoms with van der Waals surface area (Å²) in [5.41, 5.74) is 4.36. The van der Waals surface area contributed by atoms with Gasteiger partial charge in [0.05, 0.1) is 0 Å². The first-order valence-corrected chi connectivity index (χ1v) is 9.33. The zero-order valence-corrected chi connectivity index (χ0v) is 14.7. The van der Waals surface area contributed by atoms with Gasteiger partial charge in [-0.25, -0.2) is 4.98 Å². The maximum Gasteiger partial charge on any atom is 0.140 e. The highest BCUT2D eigenvalue weighted by atomic mass is 32.1. The molecule has 1 aliphatic carbocycles. The Labute approximate surface area is 147 Å². The fraction of sp³-hybridized carbons (Fsp3) is 0.286. The Morgan fingerprint density at radius 3 is 2.21 bits per heavy atom. The van der Waals surface area contributed by atoms with Gasteiger partial charge in [-0.3, -0.25) is 0 Å². The summed E-state index contributed by atoms with van der Waals surface area (Å²) in [5, 5.41) is 2.98. The quantitative estimate of drug-likeness (QED) is 0.614. The van der Waals surface area contributed by atoms with Crippen molar-refractivity contribution in [2.75, 3.05) is 0 Å². The predicted molar refractivity (Wildman–Crippen MR) is 98.7 cm³/mol. The van der Waals surface area contributed by atoms with Gasteiger partial charge in [0.1, 0.15) is 17.4 Å². The molecule has 24 heavy (non-hydrogen) atoms. The van der Waals surface area contributed by atoms with Crippen LogP contribution in [0.15, 0.2) is 60.1 Å². The average molecular weight is 335 g/mol. The third-order valence-corrected chi connectivity index (χ3v) is 5.82. The molecule has 4 rings (SSSR count). The first-order chi connectivity index (χ1) is 11.8. The van der Waals surface area contributed by atoms with Gasteiger partial charge in [0.25, 0.3) is 0 Å². The number of aromatic nitrogens is 1. The summed E-state index contributed by atoms with van der Waals surface area (Å²) >= 11 is 1.62. The van der Waals surface area contributed by atoms with Gasteiger partial charge < -0.3 is 4.74 Å². The topological polar surface area (TPSA) is 22.1 Å². The normalized spacial score (nSPS) is 15.7. The summed E-state index contributed by atoms with van der Waals surface area (Å²) in [5.74, 6) is 0.910. The number of aryl methyl sites for hydroxylation is 1. The SMILES string of the molecule is Cc1ccc(C2(c3ccc(OCc4nccs4)cc3)CCC2)cc1. The summed E-state index contributed by atoms with van der Waals surface area (Å²) in [6.07, 6.45) is 5.58. The van der Waals surface area contributed by atoms with Crippen molar-refractivity contribution < 1.29 is 4.74 Å². The highest BCUT2D eigenvalue weighted by molar-refractivity contribution is 7.09. The van der Waals surface area contributed by atoms with Gasteiger partial charge in [-0.05, 0) is 43.0 Å². The molecule has 0 spiro atoms. The Kier molecular flexibility index (Phi) is 4.11. The van der Waals surface area contributed by atoms with Crippen LogP contribution in [0.3, 0.4) is 0 Å². The fourth-order valence-corrected chi connectivity index (χ4v) is 4.01. The third kappa shape index (κ3) is 2.84. The van der Waals surface area contributed by atoms with Crippen LogP contribution in [0.25, 0.3) is 0 Å². The van der Waals surface area contributed by atoms with Crippen LogP contribution in [0.5, 0.6) is 5.75 Å². The van der Waals surface area contributed by atoms with E-state index in [0.717, 1.165) is 10.8 Å². The molecule has 0 radical (unpaired) electrons. The second kappa shape index (κ2) is 6.40. The van der Waals surface area contributed by atoms with Crippen LogP contribution in [0, 0.1) is 6.92 Å². The van der Waals surface area contributed by atoms with Crippen LogP contribution in [0.2, 0.25) is 0 Å². The number of ether oxygens (including phenoxy) is 1. The highest BCUT2D eigenvalue weighted by Crippen LogP contribution is 2.49. The maximum atomic E-state index is 5.84. The Bertz CT molecular complexity index is 787. The van der Waals surface area contributed by atoms with E-state index in [0.29, 0.717) is 6.61 Å². The Morgan fingerprint density at radius 2 is 1.67 bits per heavy atom. The van der Waals surface area contributed by atoms with Crippen LogP contribution in [0.1, 0.15) is 41.0 Å². The van der Waals surface area contributed by atoms with E-state index in [1.54, 1.807) is 11.3 Å². The molecule has 2 aromatic carbocycles. The van der Waals surface area contributed by atoms with Crippen LogP contribution >= 0.6 is 11.3 Å². The summed E-state index contributed by atoms with van der Waals surface area (Å²) in [4.78, 5) is 4.25. The number of thiazole rings is 1. The molecule has 1 saturated carbocycles. The molecule has 1 aliphatic rings. The number of benzene rings is 2. The summed E-state index contributed by atoms with van der Waals surface area (Å²) in [6.45, 7) is 2.69. The third-order valence-electron chi connectivity index (χ3n) is 5.06. The van der Waals surface area contributed by atoms with Gasteiger partial charge in [0, 0.05) is 17.0 Å². The maximum absolute atomic E-state index is 5.84. The van der Waals surface area contributed by atoms with Crippen molar-refractivity contribution in [1.29, 1.82) is 0 Å². The number of hydrogen-bond acceptors (Lipinski definition) is 3. The van der Waals surface area contributed by atoms with Gasteiger partial charge in [-0.1, -0.05) is 48.4 Å². The van der Waals surface area contributed by atoms with Crippen molar-refractivity contribution in [3.8, 4) is 5.75 Å². The van der Waals surface area contributed by atoms with Crippen molar-refractivity contribution >= 4 is 11.3 Å². The van der Waals surface area contributed by atoms with Gasteiger partial charge in [-0.15, -0.1) is 11.3 Å². The molecular weight excluding hydrogens is 314 g/mol. The molecule has 0 aliphatic heterocycles. The lowest BCUT2D eigenvalue weighted by atomic mass is 9.60. The lowest BCUT2D eigenvalue weighted by Gasteiger charge is -2.43. The van der Waals surface area contributed by atoms with Gasteiger partial charge in [-0.2, -0.15) is 0 Å². The lowest BCUT2D eigenvalue weighted by Crippen LogP contribution is -2.35. The minimum Gasteiger partial charge on any atom is -0.486 e. The number of hydrogen-bond donors (Lipinski definition) is 0. The summed E-state index contributed by atoms with van der Waals surface area (Å²) in [6, 6.07) is 17.7. The molecule has 122 valence electrons. The van der Waals surface area contributed by atoms with Crippen LogP contribution in [0.4, 0.5) is 0 Å². The first kappa shape index (κ1) is 15.4. The fourth-order valence-electron chi connectivity index (χ4n) is 3.49.